The number of nitrogens with zero attached hydrogens (tertiary/aromatic N) is 1. The van der Waals surface area contributed by atoms with Gasteiger partial charge in [-0.15, -0.1) is 0 Å². The van der Waals surface area contributed by atoms with Crippen molar-refractivity contribution < 1.29 is 13.9 Å². The highest BCUT2D eigenvalue weighted by Crippen LogP contribution is 2.33. The van der Waals surface area contributed by atoms with Gasteiger partial charge in [-0.05, 0) is 49.4 Å². The molecule has 1 heterocycles. The van der Waals surface area contributed by atoms with Crippen LogP contribution in [0.15, 0.2) is 59.0 Å². The predicted molar refractivity (Wildman–Crippen MR) is 115 cm³/mol. The number of carbonyl (C=O) groups excluding carboxylic acids is 1. The summed E-state index contributed by atoms with van der Waals surface area (Å²) in [6, 6.07) is 16.2. The Morgan fingerprint density at radius 3 is 2.55 bits per heavy atom. The molecule has 4 rings (SSSR count). The van der Waals surface area contributed by atoms with Crippen molar-refractivity contribution in [2.75, 3.05) is 12.4 Å². The highest BCUT2D eigenvalue weighted by atomic mass is 35.5. The molecule has 0 saturated carbocycles. The first kappa shape index (κ1) is 19.3. The first-order valence-corrected chi connectivity index (χ1v) is 9.52. The molecule has 0 unspecified atom stereocenters. The van der Waals surface area contributed by atoms with Gasteiger partial charge < -0.3 is 14.5 Å². The van der Waals surface area contributed by atoms with Crippen LogP contribution >= 0.6 is 23.2 Å². The van der Waals surface area contributed by atoms with Crippen LogP contribution in [0.3, 0.4) is 0 Å². The summed E-state index contributed by atoms with van der Waals surface area (Å²) >= 11 is 12.2. The molecule has 0 bridgehead atoms. The van der Waals surface area contributed by atoms with Crippen molar-refractivity contribution in [3.05, 3.63) is 75.8 Å². The summed E-state index contributed by atoms with van der Waals surface area (Å²) < 4.78 is 11.1. The molecule has 0 aliphatic rings. The van der Waals surface area contributed by atoms with E-state index in [4.69, 9.17) is 32.4 Å². The summed E-state index contributed by atoms with van der Waals surface area (Å²) in [5.41, 5.74) is 4.11. The van der Waals surface area contributed by atoms with Crippen molar-refractivity contribution in [3.8, 4) is 17.2 Å². The van der Waals surface area contributed by atoms with E-state index in [1.165, 1.54) is 19.2 Å². The average Bonchev–Trinajstić information content (AvgIpc) is 3.11. The molecular formula is C22H16Cl2N2O3. The summed E-state index contributed by atoms with van der Waals surface area (Å²) in [5.74, 6) is 0.386. The minimum Gasteiger partial charge on any atom is -0.494 e. The van der Waals surface area contributed by atoms with Gasteiger partial charge in [-0.2, -0.15) is 0 Å². The number of amides is 1. The van der Waals surface area contributed by atoms with Crippen LogP contribution in [0.1, 0.15) is 15.9 Å². The normalized spacial score (nSPS) is 10.9. The Balaban J connectivity index is 1.64. The Hall–Kier alpha value is -3.02. The minimum atomic E-state index is -0.396. The molecule has 0 atom stereocenters. The van der Waals surface area contributed by atoms with Gasteiger partial charge in [0.15, 0.2) is 5.58 Å². The minimum absolute atomic E-state index is 0.241. The lowest BCUT2D eigenvalue weighted by Gasteiger charge is -2.11. The maximum absolute atomic E-state index is 12.7. The van der Waals surface area contributed by atoms with Crippen molar-refractivity contribution in [1.82, 2.24) is 4.98 Å². The van der Waals surface area contributed by atoms with Crippen LogP contribution in [-0.2, 0) is 0 Å². The van der Waals surface area contributed by atoms with E-state index < -0.39 is 5.91 Å². The van der Waals surface area contributed by atoms with Gasteiger partial charge in [0.2, 0.25) is 5.89 Å². The lowest BCUT2D eigenvalue weighted by atomic mass is 10.1. The molecule has 0 fully saturated rings. The zero-order valence-electron chi connectivity index (χ0n) is 15.6. The highest BCUT2D eigenvalue weighted by Gasteiger charge is 2.17. The molecule has 1 N–H and O–H groups in total. The smallest absolute Gasteiger partial charge is 0.259 e. The number of oxazole rings is 1. The molecule has 1 aromatic heterocycles. The SMILES string of the molecule is COc1c(Cl)cc(Cl)cc1C(=O)Nc1ccc2oc(-c3ccc(C)cc3)nc2c1. The third-order valence-corrected chi connectivity index (χ3v) is 4.90. The zero-order valence-corrected chi connectivity index (χ0v) is 17.1. The van der Waals surface area contributed by atoms with E-state index in [2.05, 4.69) is 10.3 Å². The Kier molecular flexibility index (Phi) is 5.18. The first-order chi connectivity index (χ1) is 13.9. The molecule has 0 saturated heterocycles. The molecule has 29 heavy (non-hydrogen) atoms. The number of aromatic nitrogens is 1. The van der Waals surface area contributed by atoms with Gasteiger partial charge >= 0.3 is 0 Å². The second-order valence-corrected chi connectivity index (χ2v) is 7.33. The van der Waals surface area contributed by atoms with Crippen molar-refractivity contribution in [2.24, 2.45) is 0 Å². The number of rotatable bonds is 4. The number of hydrogen-bond donors (Lipinski definition) is 1. The van der Waals surface area contributed by atoms with E-state index in [9.17, 15) is 4.79 Å². The van der Waals surface area contributed by atoms with E-state index in [0.717, 1.165) is 11.1 Å². The van der Waals surface area contributed by atoms with Gasteiger partial charge in [-0.3, -0.25) is 4.79 Å². The maximum Gasteiger partial charge on any atom is 0.259 e. The highest BCUT2D eigenvalue weighted by molar-refractivity contribution is 6.36. The van der Waals surface area contributed by atoms with Gasteiger partial charge in [0, 0.05) is 16.3 Å². The van der Waals surface area contributed by atoms with Crippen molar-refractivity contribution >= 4 is 45.9 Å². The lowest BCUT2D eigenvalue weighted by Crippen LogP contribution is -2.13. The van der Waals surface area contributed by atoms with E-state index in [-0.39, 0.29) is 16.3 Å². The van der Waals surface area contributed by atoms with Crippen LogP contribution in [-0.4, -0.2) is 18.0 Å². The van der Waals surface area contributed by atoms with Crippen LogP contribution in [0.5, 0.6) is 5.75 Å². The zero-order chi connectivity index (χ0) is 20.5. The van der Waals surface area contributed by atoms with Gasteiger partial charge in [-0.25, -0.2) is 4.98 Å². The van der Waals surface area contributed by atoms with Crippen LogP contribution < -0.4 is 10.1 Å². The van der Waals surface area contributed by atoms with Crippen LogP contribution in [0.2, 0.25) is 10.0 Å². The fraction of sp³-hybridized carbons (Fsp3) is 0.0909. The lowest BCUT2D eigenvalue weighted by molar-refractivity contribution is 0.102. The molecule has 0 radical (unpaired) electrons. The number of carbonyl (C=O) groups is 1. The third kappa shape index (κ3) is 3.92. The summed E-state index contributed by atoms with van der Waals surface area (Å²) in [5, 5.41) is 3.43. The average molecular weight is 427 g/mol. The predicted octanol–water partition coefficient (Wildman–Crippen LogP) is 6.37. The van der Waals surface area contributed by atoms with E-state index >= 15 is 0 Å². The summed E-state index contributed by atoms with van der Waals surface area (Å²) in [6.45, 7) is 2.02. The number of halogens is 2. The van der Waals surface area contributed by atoms with Crippen molar-refractivity contribution in [1.29, 1.82) is 0 Å². The molecular weight excluding hydrogens is 411 g/mol. The standard InChI is InChI=1S/C22H16Cl2N2O3/c1-12-3-5-13(6-4-12)22-26-18-11-15(7-8-19(18)29-22)25-21(27)16-9-14(23)10-17(24)20(16)28-2/h3-11H,1-2H3,(H,25,27). The Morgan fingerprint density at radius 2 is 1.83 bits per heavy atom. The Morgan fingerprint density at radius 1 is 1.07 bits per heavy atom. The molecule has 3 aromatic carbocycles. The summed E-state index contributed by atoms with van der Waals surface area (Å²) in [6.07, 6.45) is 0. The van der Waals surface area contributed by atoms with E-state index in [0.29, 0.717) is 27.7 Å². The van der Waals surface area contributed by atoms with Crippen LogP contribution in [0.4, 0.5) is 5.69 Å². The number of aryl methyl sites for hydroxylation is 1. The van der Waals surface area contributed by atoms with E-state index in [1.54, 1.807) is 18.2 Å². The fourth-order valence-electron chi connectivity index (χ4n) is 2.96. The van der Waals surface area contributed by atoms with Crippen LogP contribution in [0, 0.1) is 6.92 Å². The van der Waals surface area contributed by atoms with Crippen molar-refractivity contribution in [3.63, 3.8) is 0 Å². The first-order valence-electron chi connectivity index (χ1n) is 8.76. The number of fused-ring (bicyclic) bond motifs is 1. The van der Waals surface area contributed by atoms with Gasteiger partial charge in [-0.1, -0.05) is 40.9 Å². The molecule has 0 aliphatic heterocycles. The number of nitrogens with one attached hydrogen (secondary N) is 1. The molecule has 1 amide bonds. The molecule has 7 heteroatoms. The Bertz CT molecular complexity index is 1220. The molecule has 0 spiro atoms. The summed E-state index contributed by atoms with van der Waals surface area (Å²) in [4.78, 5) is 17.3. The number of ether oxygens (including phenoxy) is 1. The third-order valence-electron chi connectivity index (χ3n) is 4.40. The molecule has 5 nitrogen and oxygen atoms in total. The molecule has 146 valence electrons. The van der Waals surface area contributed by atoms with Gasteiger partial charge in [0.25, 0.3) is 5.91 Å². The second kappa shape index (κ2) is 7.78. The van der Waals surface area contributed by atoms with Crippen LogP contribution in [0.25, 0.3) is 22.6 Å². The monoisotopic (exact) mass is 426 g/mol. The van der Waals surface area contributed by atoms with E-state index in [1.807, 2.05) is 31.2 Å². The fourth-order valence-corrected chi connectivity index (χ4v) is 3.53. The number of hydrogen-bond acceptors (Lipinski definition) is 4. The topological polar surface area (TPSA) is 64.4 Å². The summed E-state index contributed by atoms with van der Waals surface area (Å²) in [7, 11) is 1.44. The number of methoxy groups -OCH3 is 1. The largest absolute Gasteiger partial charge is 0.494 e. The Labute approximate surface area is 177 Å². The molecule has 4 aromatic rings. The number of anilines is 1. The van der Waals surface area contributed by atoms with Crippen molar-refractivity contribution in [2.45, 2.75) is 6.92 Å². The second-order valence-electron chi connectivity index (χ2n) is 6.49. The maximum atomic E-state index is 12.7. The number of benzene rings is 3. The van der Waals surface area contributed by atoms with Gasteiger partial charge in [0.1, 0.15) is 11.3 Å². The van der Waals surface area contributed by atoms with Gasteiger partial charge in [0.05, 0.1) is 17.7 Å². The molecule has 0 aliphatic carbocycles. The quantitative estimate of drug-likeness (QED) is 0.411.